The summed E-state index contributed by atoms with van der Waals surface area (Å²) in [7, 11) is 0. The minimum absolute atomic E-state index is 0.637. The van der Waals surface area contributed by atoms with E-state index >= 15 is 0 Å². The first kappa shape index (κ1) is 20.1. The molecule has 0 amide bonds. The van der Waals surface area contributed by atoms with Crippen molar-refractivity contribution in [2.24, 2.45) is 0 Å². The molecule has 0 saturated heterocycles. The number of hydrogen-bond acceptors (Lipinski definition) is 3. The Morgan fingerprint density at radius 1 is 0.862 bits per heavy atom. The van der Waals surface area contributed by atoms with E-state index in [0.29, 0.717) is 11.6 Å². The predicted molar refractivity (Wildman–Crippen MR) is 122 cm³/mol. The molecule has 1 aromatic heterocycles. The van der Waals surface area contributed by atoms with Gasteiger partial charge >= 0.3 is 0 Å². The van der Waals surface area contributed by atoms with Gasteiger partial charge in [0.05, 0.1) is 23.4 Å². The number of hydrogen-bond donors (Lipinski definition) is 0. The maximum absolute atomic E-state index is 5.99. The largest absolute Gasteiger partial charge is 0.494 e. The van der Waals surface area contributed by atoms with Crippen molar-refractivity contribution in [2.45, 2.75) is 23.6 Å². The van der Waals surface area contributed by atoms with Crippen molar-refractivity contribution < 1.29 is 4.74 Å². The van der Waals surface area contributed by atoms with Crippen LogP contribution in [-0.4, -0.2) is 16.2 Å². The fraction of sp³-hybridized carbons (Fsp3) is 0.174. The lowest BCUT2D eigenvalue weighted by Gasteiger charge is -2.10. The van der Waals surface area contributed by atoms with Gasteiger partial charge in [0.1, 0.15) is 11.6 Å². The van der Waals surface area contributed by atoms with Crippen molar-refractivity contribution in [2.75, 3.05) is 6.61 Å². The Hall–Kier alpha value is -2.14. The summed E-state index contributed by atoms with van der Waals surface area (Å²) >= 11 is 13.7. The van der Waals surface area contributed by atoms with Crippen LogP contribution in [0.3, 0.4) is 0 Å². The van der Waals surface area contributed by atoms with Gasteiger partial charge in [-0.2, -0.15) is 0 Å². The van der Waals surface area contributed by atoms with E-state index in [9.17, 15) is 0 Å². The first-order valence-electron chi connectivity index (χ1n) is 9.40. The summed E-state index contributed by atoms with van der Waals surface area (Å²) in [6.07, 6.45) is 0.890. The topological polar surface area (TPSA) is 27.1 Å². The molecule has 0 radical (unpaired) electrons. The van der Waals surface area contributed by atoms with Gasteiger partial charge in [0.15, 0.2) is 0 Å². The second-order valence-corrected chi connectivity index (χ2v) is 8.49. The van der Waals surface area contributed by atoms with Gasteiger partial charge in [0, 0.05) is 21.5 Å². The molecule has 0 aliphatic heterocycles. The third kappa shape index (κ3) is 5.27. The van der Waals surface area contributed by atoms with Crippen molar-refractivity contribution in [3.8, 4) is 5.75 Å². The van der Waals surface area contributed by atoms with E-state index in [-0.39, 0.29) is 0 Å². The van der Waals surface area contributed by atoms with Crippen LogP contribution in [0.2, 0.25) is 10.0 Å². The Kier molecular flexibility index (Phi) is 6.65. The molecular formula is C23H20Cl2N2OS. The lowest BCUT2D eigenvalue weighted by molar-refractivity contribution is 0.302. The summed E-state index contributed by atoms with van der Waals surface area (Å²) in [5.41, 5.74) is 2.18. The number of aryl methyl sites for hydroxylation is 1. The van der Waals surface area contributed by atoms with E-state index < -0.39 is 0 Å². The molecule has 0 fully saturated rings. The molecule has 6 heteroatoms. The number of halogens is 2. The number of fused-ring (bicyclic) bond motifs is 1. The summed E-state index contributed by atoms with van der Waals surface area (Å²) in [5.74, 6) is 2.70. The number of benzene rings is 3. The summed E-state index contributed by atoms with van der Waals surface area (Å²) in [4.78, 5) is 6.03. The van der Waals surface area contributed by atoms with Crippen molar-refractivity contribution >= 4 is 46.0 Å². The lowest BCUT2D eigenvalue weighted by atomic mass is 10.3. The standard InChI is InChI=1S/C23H20Cl2N2OS/c24-17-6-10-19(11-7-17)28-15-3-14-27-22-5-2-1-4-21(22)26-23(27)16-29-20-12-8-18(25)9-13-20/h1-2,4-13H,3,14-16H2. The first-order valence-corrected chi connectivity index (χ1v) is 11.1. The smallest absolute Gasteiger partial charge is 0.120 e. The molecule has 0 aliphatic rings. The molecule has 0 atom stereocenters. The van der Waals surface area contributed by atoms with Crippen LogP contribution in [0.15, 0.2) is 77.7 Å². The van der Waals surface area contributed by atoms with E-state index in [1.54, 1.807) is 11.8 Å². The van der Waals surface area contributed by atoms with E-state index in [1.165, 1.54) is 4.90 Å². The van der Waals surface area contributed by atoms with Crippen molar-refractivity contribution in [3.05, 3.63) is 88.7 Å². The Bertz CT molecular complexity index is 1080. The first-order chi connectivity index (χ1) is 14.2. The number of nitrogens with zero attached hydrogens (tertiary/aromatic N) is 2. The summed E-state index contributed by atoms with van der Waals surface area (Å²) < 4.78 is 8.14. The summed E-state index contributed by atoms with van der Waals surface area (Å²) in [6.45, 7) is 1.49. The minimum Gasteiger partial charge on any atom is -0.494 e. The Morgan fingerprint density at radius 3 is 2.31 bits per heavy atom. The molecule has 148 valence electrons. The van der Waals surface area contributed by atoms with Crippen molar-refractivity contribution in [1.29, 1.82) is 0 Å². The molecule has 29 heavy (non-hydrogen) atoms. The summed E-state index contributed by atoms with van der Waals surface area (Å²) in [6, 6.07) is 23.7. The number of thioether (sulfide) groups is 1. The zero-order chi connectivity index (χ0) is 20.1. The van der Waals surface area contributed by atoms with Gasteiger partial charge < -0.3 is 9.30 Å². The van der Waals surface area contributed by atoms with Gasteiger partial charge in [-0.1, -0.05) is 35.3 Å². The molecule has 4 aromatic rings. The highest BCUT2D eigenvalue weighted by molar-refractivity contribution is 7.98. The third-order valence-corrected chi connectivity index (χ3v) is 6.04. The van der Waals surface area contributed by atoms with Gasteiger partial charge in [-0.25, -0.2) is 4.98 Å². The molecule has 0 aliphatic carbocycles. The average Bonchev–Trinajstić information content (AvgIpc) is 3.10. The Labute approximate surface area is 184 Å². The second-order valence-electron chi connectivity index (χ2n) is 6.57. The van der Waals surface area contributed by atoms with Crippen LogP contribution < -0.4 is 4.74 Å². The molecular weight excluding hydrogens is 423 g/mol. The van der Waals surface area contributed by atoms with E-state index in [2.05, 4.69) is 22.8 Å². The van der Waals surface area contributed by atoms with E-state index in [1.807, 2.05) is 54.6 Å². The summed E-state index contributed by atoms with van der Waals surface area (Å²) in [5, 5.41) is 1.47. The lowest BCUT2D eigenvalue weighted by Crippen LogP contribution is -2.07. The molecule has 0 unspecified atom stereocenters. The molecule has 0 bridgehead atoms. The van der Waals surface area contributed by atoms with Gasteiger partial charge in [0.25, 0.3) is 0 Å². The SMILES string of the molecule is Clc1ccc(OCCCn2c(CSc3ccc(Cl)cc3)nc3ccccc32)cc1. The van der Waals surface area contributed by atoms with E-state index in [0.717, 1.165) is 46.3 Å². The van der Waals surface area contributed by atoms with Crippen LogP contribution in [0, 0.1) is 0 Å². The van der Waals surface area contributed by atoms with Crippen LogP contribution in [-0.2, 0) is 12.3 Å². The molecule has 0 spiro atoms. The number of aromatic nitrogens is 2. The van der Waals surface area contributed by atoms with Gasteiger partial charge in [-0.05, 0) is 67.1 Å². The number of para-hydroxylation sites is 2. The fourth-order valence-electron chi connectivity index (χ4n) is 3.11. The average molecular weight is 443 g/mol. The van der Waals surface area contributed by atoms with Crippen LogP contribution >= 0.6 is 35.0 Å². The van der Waals surface area contributed by atoms with Crippen molar-refractivity contribution in [3.63, 3.8) is 0 Å². The van der Waals surface area contributed by atoms with Gasteiger partial charge in [0.2, 0.25) is 0 Å². The Morgan fingerprint density at radius 2 is 1.55 bits per heavy atom. The molecule has 3 nitrogen and oxygen atoms in total. The Balaban J connectivity index is 1.43. The highest BCUT2D eigenvalue weighted by atomic mass is 35.5. The molecule has 3 aromatic carbocycles. The number of imidazole rings is 1. The van der Waals surface area contributed by atoms with Gasteiger partial charge in [-0.15, -0.1) is 11.8 Å². The molecule has 1 heterocycles. The molecule has 4 rings (SSSR count). The normalized spacial score (nSPS) is 11.1. The van der Waals surface area contributed by atoms with Crippen molar-refractivity contribution in [1.82, 2.24) is 9.55 Å². The maximum atomic E-state index is 5.99. The third-order valence-electron chi connectivity index (χ3n) is 4.52. The number of ether oxygens (including phenoxy) is 1. The molecule has 0 saturated carbocycles. The highest BCUT2D eigenvalue weighted by Gasteiger charge is 2.11. The predicted octanol–water partition coefficient (Wildman–Crippen LogP) is 7.10. The van der Waals surface area contributed by atoms with Crippen LogP contribution in [0.25, 0.3) is 11.0 Å². The number of rotatable bonds is 8. The zero-order valence-electron chi connectivity index (χ0n) is 15.7. The van der Waals surface area contributed by atoms with E-state index in [4.69, 9.17) is 32.9 Å². The highest BCUT2D eigenvalue weighted by Crippen LogP contribution is 2.26. The van der Waals surface area contributed by atoms with Crippen LogP contribution in [0.1, 0.15) is 12.2 Å². The van der Waals surface area contributed by atoms with Crippen LogP contribution in [0.5, 0.6) is 5.75 Å². The van der Waals surface area contributed by atoms with Crippen LogP contribution in [0.4, 0.5) is 0 Å². The molecule has 0 N–H and O–H groups in total. The zero-order valence-corrected chi connectivity index (χ0v) is 18.1. The quantitative estimate of drug-likeness (QED) is 0.215. The maximum Gasteiger partial charge on any atom is 0.120 e. The monoisotopic (exact) mass is 442 g/mol. The minimum atomic E-state index is 0.637. The second kappa shape index (κ2) is 9.57. The van der Waals surface area contributed by atoms with Gasteiger partial charge in [-0.3, -0.25) is 0 Å². The fourth-order valence-corrected chi connectivity index (χ4v) is 4.20.